The number of phenols is 1. The molecule has 0 bridgehead atoms. The van der Waals surface area contributed by atoms with Gasteiger partial charge in [0.15, 0.2) is 5.75 Å². The number of phenolic OH excluding ortho intramolecular Hbond substituents is 1. The van der Waals surface area contributed by atoms with Gasteiger partial charge in [-0.25, -0.2) is 0 Å². The number of nitrogens with two attached hydrogens (primary N) is 1. The summed E-state index contributed by atoms with van der Waals surface area (Å²) in [5.74, 6) is 0.231. The summed E-state index contributed by atoms with van der Waals surface area (Å²) in [5.41, 5.74) is 6.88. The topological polar surface area (TPSA) is 75.8 Å². The Labute approximate surface area is 123 Å². The Bertz CT molecular complexity index is 656. The van der Waals surface area contributed by atoms with E-state index in [1.54, 1.807) is 32.4 Å². The van der Waals surface area contributed by atoms with Gasteiger partial charge in [-0.3, -0.25) is 4.79 Å². The lowest BCUT2D eigenvalue weighted by atomic mass is 10.1. The van der Waals surface area contributed by atoms with Crippen LogP contribution in [0.2, 0.25) is 0 Å². The number of para-hydroxylation sites is 2. The van der Waals surface area contributed by atoms with Gasteiger partial charge in [0.05, 0.1) is 18.4 Å². The molecule has 2 aromatic carbocycles. The number of carbonyl (C=O) groups is 1. The highest BCUT2D eigenvalue weighted by Crippen LogP contribution is 2.26. The minimum atomic E-state index is -0.300. The molecule has 1 amide bonds. The van der Waals surface area contributed by atoms with Gasteiger partial charge in [-0.2, -0.15) is 0 Å². The van der Waals surface area contributed by atoms with Crippen LogP contribution in [0.25, 0.3) is 0 Å². The van der Waals surface area contributed by atoms with E-state index < -0.39 is 0 Å². The molecular formula is C16H18N2O3. The summed E-state index contributed by atoms with van der Waals surface area (Å²) in [6.07, 6.45) is 0. The lowest BCUT2D eigenvalue weighted by Gasteiger charge is -2.19. The van der Waals surface area contributed by atoms with E-state index in [1.807, 2.05) is 24.3 Å². The zero-order chi connectivity index (χ0) is 15.4. The molecule has 5 heteroatoms. The predicted molar refractivity (Wildman–Crippen MR) is 81.3 cm³/mol. The highest BCUT2D eigenvalue weighted by molar-refractivity contribution is 5.98. The number of carbonyl (C=O) groups excluding carboxylic acids is 1. The van der Waals surface area contributed by atoms with E-state index in [1.165, 1.54) is 4.90 Å². The van der Waals surface area contributed by atoms with Crippen LogP contribution in [0.3, 0.4) is 0 Å². The third kappa shape index (κ3) is 3.08. The zero-order valence-corrected chi connectivity index (χ0v) is 12.0. The molecule has 0 spiro atoms. The highest BCUT2D eigenvalue weighted by atomic mass is 16.5. The van der Waals surface area contributed by atoms with Crippen LogP contribution in [0.5, 0.6) is 11.5 Å². The number of benzene rings is 2. The second-order valence-electron chi connectivity index (χ2n) is 4.72. The number of nitrogens with zero attached hydrogens (tertiary/aromatic N) is 1. The molecule has 0 aliphatic carbocycles. The number of amides is 1. The maximum absolute atomic E-state index is 12.4. The van der Waals surface area contributed by atoms with E-state index >= 15 is 0 Å². The molecule has 2 rings (SSSR count). The van der Waals surface area contributed by atoms with Crippen molar-refractivity contribution < 1.29 is 14.6 Å². The van der Waals surface area contributed by atoms with Gasteiger partial charge >= 0.3 is 0 Å². The summed E-state index contributed by atoms with van der Waals surface area (Å²) in [7, 11) is 3.25. The summed E-state index contributed by atoms with van der Waals surface area (Å²) in [6, 6.07) is 12.2. The van der Waals surface area contributed by atoms with Gasteiger partial charge in [0.2, 0.25) is 0 Å². The number of methoxy groups -OCH3 is 1. The summed E-state index contributed by atoms with van der Waals surface area (Å²) in [5, 5.41) is 9.89. The Kier molecular flexibility index (Phi) is 4.33. The van der Waals surface area contributed by atoms with Crippen LogP contribution in [0.15, 0.2) is 42.5 Å². The first-order chi connectivity index (χ1) is 10.0. The van der Waals surface area contributed by atoms with Gasteiger partial charge in [0.1, 0.15) is 5.75 Å². The average molecular weight is 286 g/mol. The van der Waals surface area contributed by atoms with E-state index in [9.17, 15) is 9.90 Å². The fraction of sp³-hybridized carbons (Fsp3) is 0.188. The standard InChI is InChI=1S/C16H18N2O3/c1-18(10-11-6-3-4-9-14(11)21-2)16(20)12-7-5-8-13(17)15(12)19/h3-9,19H,10,17H2,1-2H3. The quantitative estimate of drug-likeness (QED) is 0.667. The van der Waals surface area contributed by atoms with Crippen molar-refractivity contribution >= 4 is 11.6 Å². The normalized spacial score (nSPS) is 10.2. The number of ether oxygens (including phenoxy) is 1. The van der Waals surface area contributed by atoms with E-state index in [4.69, 9.17) is 10.5 Å². The Hall–Kier alpha value is -2.69. The van der Waals surface area contributed by atoms with E-state index in [-0.39, 0.29) is 22.9 Å². The summed E-state index contributed by atoms with van der Waals surface area (Å²) >= 11 is 0. The number of aromatic hydroxyl groups is 1. The second kappa shape index (κ2) is 6.17. The fourth-order valence-corrected chi connectivity index (χ4v) is 2.10. The van der Waals surface area contributed by atoms with Crippen molar-refractivity contribution in [1.29, 1.82) is 0 Å². The molecule has 0 atom stereocenters. The first-order valence-electron chi connectivity index (χ1n) is 6.49. The lowest BCUT2D eigenvalue weighted by Crippen LogP contribution is -2.26. The third-order valence-corrected chi connectivity index (χ3v) is 3.24. The SMILES string of the molecule is COc1ccccc1CN(C)C(=O)c1cccc(N)c1O. The molecule has 0 saturated heterocycles. The van der Waals surface area contributed by atoms with Crippen molar-refractivity contribution in [1.82, 2.24) is 4.90 Å². The molecule has 21 heavy (non-hydrogen) atoms. The van der Waals surface area contributed by atoms with Gasteiger partial charge in [-0.15, -0.1) is 0 Å². The zero-order valence-electron chi connectivity index (χ0n) is 12.0. The van der Waals surface area contributed by atoms with Crippen molar-refractivity contribution in [3.63, 3.8) is 0 Å². The first-order valence-corrected chi connectivity index (χ1v) is 6.49. The van der Waals surface area contributed by atoms with Crippen LogP contribution in [-0.4, -0.2) is 30.1 Å². The van der Waals surface area contributed by atoms with Crippen molar-refractivity contribution in [2.45, 2.75) is 6.54 Å². The number of hydrogen-bond donors (Lipinski definition) is 2. The minimum absolute atomic E-state index is 0.186. The Balaban J connectivity index is 2.22. The van der Waals surface area contributed by atoms with E-state index in [0.29, 0.717) is 12.3 Å². The minimum Gasteiger partial charge on any atom is -0.505 e. The molecule has 110 valence electrons. The van der Waals surface area contributed by atoms with E-state index in [2.05, 4.69) is 0 Å². The van der Waals surface area contributed by atoms with Crippen LogP contribution in [0.4, 0.5) is 5.69 Å². The molecule has 0 fully saturated rings. The maximum atomic E-state index is 12.4. The molecule has 0 aliphatic heterocycles. The molecule has 2 aromatic rings. The summed E-state index contributed by atoms with van der Waals surface area (Å²) in [4.78, 5) is 13.9. The Morgan fingerprint density at radius 3 is 2.67 bits per heavy atom. The van der Waals surface area contributed by atoms with Crippen LogP contribution < -0.4 is 10.5 Å². The number of hydrogen-bond acceptors (Lipinski definition) is 4. The molecule has 3 N–H and O–H groups in total. The molecule has 0 heterocycles. The van der Waals surface area contributed by atoms with Crippen molar-refractivity contribution in [3.05, 3.63) is 53.6 Å². The van der Waals surface area contributed by atoms with E-state index in [0.717, 1.165) is 5.56 Å². The third-order valence-electron chi connectivity index (χ3n) is 3.24. The van der Waals surface area contributed by atoms with Crippen LogP contribution in [0.1, 0.15) is 15.9 Å². The summed E-state index contributed by atoms with van der Waals surface area (Å²) in [6.45, 7) is 0.372. The van der Waals surface area contributed by atoms with Gasteiger partial charge in [0, 0.05) is 19.2 Å². The molecule has 0 unspecified atom stereocenters. The van der Waals surface area contributed by atoms with Crippen molar-refractivity contribution in [2.24, 2.45) is 0 Å². The first kappa shape index (κ1) is 14.7. The largest absolute Gasteiger partial charge is 0.505 e. The maximum Gasteiger partial charge on any atom is 0.257 e. The van der Waals surface area contributed by atoms with Crippen LogP contribution in [-0.2, 0) is 6.54 Å². The molecule has 0 aromatic heterocycles. The molecule has 0 radical (unpaired) electrons. The fourth-order valence-electron chi connectivity index (χ4n) is 2.10. The molecule has 5 nitrogen and oxygen atoms in total. The van der Waals surface area contributed by atoms with Crippen molar-refractivity contribution in [3.8, 4) is 11.5 Å². The average Bonchev–Trinajstić information content (AvgIpc) is 2.50. The van der Waals surface area contributed by atoms with Crippen LogP contribution in [0, 0.1) is 0 Å². The Morgan fingerprint density at radius 1 is 1.24 bits per heavy atom. The smallest absolute Gasteiger partial charge is 0.257 e. The molecule has 0 aliphatic rings. The second-order valence-corrected chi connectivity index (χ2v) is 4.72. The number of nitrogen functional groups attached to an aromatic ring is 1. The van der Waals surface area contributed by atoms with Gasteiger partial charge in [-0.1, -0.05) is 24.3 Å². The van der Waals surface area contributed by atoms with Gasteiger partial charge in [0.25, 0.3) is 5.91 Å². The molecular weight excluding hydrogens is 268 g/mol. The molecule has 0 saturated carbocycles. The van der Waals surface area contributed by atoms with Crippen LogP contribution >= 0.6 is 0 Å². The Morgan fingerprint density at radius 2 is 1.95 bits per heavy atom. The van der Waals surface area contributed by atoms with Gasteiger partial charge < -0.3 is 20.5 Å². The lowest BCUT2D eigenvalue weighted by molar-refractivity contribution is 0.0781. The van der Waals surface area contributed by atoms with Crippen molar-refractivity contribution in [2.75, 3.05) is 19.9 Å². The number of rotatable bonds is 4. The van der Waals surface area contributed by atoms with Gasteiger partial charge in [-0.05, 0) is 18.2 Å². The summed E-state index contributed by atoms with van der Waals surface area (Å²) < 4.78 is 5.27. The predicted octanol–water partition coefficient (Wildman–Crippen LogP) is 2.26. The monoisotopic (exact) mass is 286 g/mol. The number of anilines is 1. The highest BCUT2D eigenvalue weighted by Gasteiger charge is 2.18.